The topological polar surface area (TPSA) is 67.4 Å². The molecule has 1 aliphatic rings. The quantitative estimate of drug-likeness (QED) is 0.833. The van der Waals surface area contributed by atoms with Crippen molar-refractivity contribution in [3.05, 3.63) is 28.8 Å². The van der Waals surface area contributed by atoms with Gasteiger partial charge < -0.3 is 15.4 Å². The van der Waals surface area contributed by atoms with Gasteiger partial charge in [-0.3, -0.25) is 4.79 Å². The second-order valence-corrected chi connectivity index (χ2v) is 5.29. The number of amides is 1. The van der Waals surface area contributed by atoms with Crippen LogP contribution >= 0.6 is 11.6 Å². The van der Waals surface area contributed by atoms with Crippen LogP contribution in [0.4, 0.5) is 5.69 Å². The smallest absolute Gasteiger partial charge is 0.339 e. The first-order valence-electron chi connectivity index (χ1n) is 6.42. The van der Waals surface area contributed by atoms with Gasteiger partial charge in [0, 0.05) is 11.6 Å². The van der Waals surface area contributed by atoms with E-state index in [-0.39, 0.29) is 22.4 Å². The van der Waals surface area contributed by atoms with Crippen LogP contribution in [0.15, 0.2) is 18.2 Å². The third-order valence-electron chi connectivity index (χ3n) is 3.58. The van der Waals surface area contributed by atoms with E-state index in [1.807, 2.05) is 6.92 Å². The van der Waals surface area contributed by atoms with Gasteiger partial charge in [0.25, 0.3) is 0 Å². The molecule has 1 aromatic carbocycles. The lowest BCUT2D eigenvalue weighted by Crippen LogP contribution is -2.48. The van der Waals surface area contributed by atoms with Gasteiger partial charge in [0.15, 0.2) is 0 Å². The van der Waals surface area contributed by atoms with Crippen LogP contribution in [0.2, 0.25) is 5.02 Å². The summed E-state index contributed by atoms with van der Waals surface area (Å²) in [5.74, 6) is -0.227. The SMILES string of the molecule is COC(=O)c1ccc(NC(=O)C(C)C2CNC2)cc1Cl. The van der Waals surface area contributed by atoms with Gasteiger partial charge in [-0.1, -0.05) is 18.5 Å². The third-order valence-corrected chi connectivity index (χ3v) is 3.89. The molecule has 0 aliphatic carbocycles. The maximum absolute atomic E-state index is 12.1. The average Bonchev–Trinajstić information content (AvgIpc) is 2.36. The number of benzene rings is 1. The molecule has 0 aromatic heterocycles. The van der Waals surface area contributed by atoms with Crippen molar-refractivity contribution in [2.75, 3.05) is 25.5 Å². The second-order valence-electron chi connectivity index (χ2n) is 4.88. The predicted octanol–water partition coefficient (Wildman–Crippen LogP) is 1.92. The number of anilines is 1. The molecular weight excluding hydrogens is 280 g/mol. The van der Waals surface area contributed by atoms with Gasteiger partial charge in [-0.15, -0.1) is 0 Å². The summed E-state index contributed by atoms with van der Waals surface area (Å²) in [7, 11) is 1.29. The van der Waals surface area contributed by atoms with Gasteiger partial charge in [0.1, 0.15) is 0 Å². The van der Waals surface area contributed by atoms with E-state index in [1.165, 1.54) is 7.11 Å². The van der Waals surface area contributed by atoms with E-state index < -0.39 is 5.97 Å². The summed E-state index contributed by atoms with van der Waals surface area (Å²) in [5.41, 5.74) is 0.857. The number of methoxy groups -OCH3 is 1. The van der Waals surface area contributed by atoms with Crippen LogP contribution in [0.25, 0.3) is 0 Å². The molecule has 0 radical (unpaired) electrons. The molecule has 0 spiro atoms. The van der Waals surface area contributed by atoms with Crippen molar-refractivity contribution >= 4 is 29.2 Å². The summed E-state index contributed by atoms with van der Waals surface area (Å²) in [6.07, 6.45) is 0. The largest absolute Gasteiger partial charge is 0.465 e. The Bertz CT molecular complexity index is 529. The zero-order chi connectivity index (χ0) is 14.7. The van der Waals surface area contributed by atoms with Crippen molar-refractivity contribution < 1.29 is 14.3 Å². The normalized spacial score (nSPS) is 16.1. The molecule has 1 saturated heterocycles. The molecule has 1 aliphatic heterocycles. The summed E-state index contributed by atoms with van der Waals surface area (Å²) in [4.78, 5) is 23.5. The Morgan fingerprint density at radius 2 is 2.15 bits per heavy atom. The Balaban J connectivity index is 2.04. The molecule has 5 nitrogen and oxygen atoms in total. The van der Waals surface area contributed by atoms with Crippen LogP contribution in [0.1, 0.15) is 17.3 Å². The number of esters is 1. The molecule has 1 unspecified atom stereocenters. The van der Waals surface area contributed by atoms with Crippen molar-refractivity contribution in [1.29, 1.82) is 0 Å². The van der Waals surface area contributed by atoms with E-state index >= 15 is 0 Å². The fraction of sp³-hybridized carbons (Fsp3) is 0.429. The molecule has 1 fully saturated rings. The molecule has 2 N–H and O–H groups in total. The highest BCUT2D eigenvalue weighted by molar-refractivity contribution is 6.34. The number of hydrogen-bond donors (Lipinski definition) is 2. The molecule has 0 bridgehead atoms. The Hall–Kier alpha value is -1.59. The minimum atomic E-state index is -0.498. The maximum Gasteiger partial charge on any atom is 0.339 e. The van der Waals surface area contributed by atoms with E-state index in [0.717, 1.165) is 13.1 Å². The second kappa shape index (κ2) is 6.24. The Morgan fingerprint density at radius 3 is 2.65 bits per heavy atom. The van der Waals surface area contributed by atoms with Crippen molar-refractivity contribution in [3.8, 4) is 0 Å². The summed E-state index contributed by atoms with van der Waals surface area (Å²) < 4.78 is 4.61. The van der Waals surface area contributed by atoms with Crippen molar-refractivity contribution in [1.82, 2.24) is 5.32 Å². The van der Waals surface area contributed by atoms with Gasteiger partial charge in [-0.2, -0.15) is 0 Å². The lowest BCUT2D eigenvalue weighted by molar-refractivity contribution is -0.121. The number of carbonyl (C=O) groups is 2. The van der Waals surface area contributed by atoms with Gasteiger partial charge in [0.05, 0.1) is 17.7 Å². The highest BCUT2D eigenvalue weighted by Gasteiger charge is 2.28. The van der Waals surface area contributed by atoms with Crippen LogP contribution < -0.4 is 10.6 Å². The highest BCUT2D eigenvalue weighted by atomic mass is 35.5. The molecule has 6 heteroatoms. The van der Waals surface area contributed by atoms with Crippen molar-refractivity contribution in [2.45, 2.75) is 6.92 Å². The fourth-order valence-corrected chi connectivity index (χ4v) is 2.26. The van der Waals surface area contributed by atoms with Gasteiger partial charge >= 0.3 is 5.97 Å². The first-order valence-corrected chi connectivity index (χ1v) is 6.80. The Morgan fingerprint density at radius 1 is 1.45 bits per heavy atom. The third kappa shape index (κ3) is 3.11. The molecule has 1 amide bonds. The van der Waals surface area contributed by atoms with Crippen LogP contribution in [-0.2, 0) is 9.53 Å². The summed E-state index contributed by atoms with van der Waals surface area (Å²) >= 11 is 6.00. The van der Waals surface area contributed by atoms with Crippen LogP contribution in [-0.4, -0.2) is 32.1 Å². The highest BCUT2D eigenvalue weighted by Crippen LogP contribution is 2.23. The number of ether oxygens (including phenoxy) is 1. The number of halogens is 1. The van der Waals surface area contributed by atoms with E-state index in [0.29, 0.717) is 11.6 Å². The van der Waals surface area contributed by atoms with Crippen LogP contribution in [0.3, 0.4) is 0 Å². The number of nitrogens with one attached hydrogen (secondary N) is 2. The number of hydrogen-bond acceptors (Lipinski definition) is 4. The van der Waals surface area contributed by atoms with E-state index in [9.17, 15) is 9.59 Å². The molecular formula is C14H17ClN2O3. The number of carbonyl (C=O) groups excluding carboxylic acids is 2. The number of rotatable bonds is 4. The molecule has 1 aromatic rings. The molecule has 2 rings (SSSR count). The first-order chi connectivity index (χ1) is 9.52. The maximum atomic E-state index is 12.1. The van der Waals surface area contributed by atoms with Crippen LogP contribution in [0, 0.1) is 11.8 Å². The molecule has 1 heterocycles. The Labute approximate surface area is 122 Å². The molecule has 20 heavy (non-hydrogen) atoms. The lowest BCUT2D eigenvalue weighted by atomic mass is 9.88. The monoisotopic (exact) mass is 296 g/mol. The van der Waals surface area contributed by atoms with Crippen LogP contribution in [0.5, 0.6) is 0 Å². The van der Waals surface area contributed by atoms with Crippen molar-refractivity contribution in [2.24, 2.45) is 11.8 Å². The summed E-state index contributed by atoms with van der Waals surface area (Å²) in [6.45, 7) is 3.65. The minimum Gasteiger partial charge on any atom is -0.465 e. The van der Waals surface area contributed by atoms with Crippen molar-refractivity contribution in [3.63, 3.8) is 0 Å². The standard InChI is InChI=1S/C14H17ClN2O3/c1-8(9-6-16-7-9)13(18)17-10-3-4-11(12(15)5-10)14(19)20-2/h3-5,8-9,16H,6-7H2,1-2H3,(H,17,18). The molecule has 108 valence electrons. The van der Waals surface area contributed by atoms with Gasteiger partial charge in [0.2, 0.25) is 5.91 Å². The van der Waals surface area contributed by atoms with Gasteiger partial charge in [-0.05, 0) is 37.2 Å². The molecule has 1 atom stereocenters. The molecule has 0 saturated carbocycles. The predicted molar refractivity (Wildman–Crippen MR) is 76.9 cm³/mol. The van der Waals surface area contributed by atoms with Gasteiger partial charge in [-0.25, -0.2) is 4.79 Å². The zero-order valence-corrected chi connectivity index (χ0v) is 12.2. The first kappa shape index (κ1) is 14.8. The van der Waals surface area contributed by atoms with E-state index in [4.69, 9.17) is 11.6 Å². The lowest BCUT2D eigenvalue weighted by Gasteiger charge is -2.31. The zero-order valence-electron chi connectivity index (χ0n) is 11.4. The Kier molecular flexibility index (Phi) is 4.62. The fourth-order valence-electron chi connectivity index (χ4n) is 2.00. The average molecular weight is 297 g/mol. The van der Waals surface area contributed by atoms with E-state index in [1.54, 1.807) is 18.2 Å². The van der Waals surface area contributed by atoms with E-state index in [2.05, 4.69) is 15.4 Å². The summed E-state index contributed by atoms with van der Waals surface area (Å²) in [6, 6.07) is 4.73. The summed E-state index contributed by atoms with van der Waals surface area (Å²) in [5, 5.41) is 6.21. The minimum absolute atomic E-state index is 0.0432.